The summed E-state index contributed by atoms with van der Waals surface area (Å²) in [6.45, 7) is 6.68. The lowest BCUT2D eigenvalue weighted by Crippen LogP contribution is -2.43. The molecule has 0 spiro atoms. The summed E-state index contributed by atoms with van der Waals surface area (Å²) in [5, 5.41) is 2.50. The highest BCUT2D eigenvalue weighted by Crippen LogP contribution is 2.28. The van der Waals surface area contributed by atoms with Gasteiger partial charge in [0, 0.05) is 35.7 Å². The summed E-state index contributed by atoms with van der Waals surface area (Å²) in [5.74, 6) is 0.359. The maximum absolute atomic E-state index is 12.6. The molecule has 0 saturated carbocycles. The first-order valence-corrected chi connectivity index (χ1v) is 14.2. The molecule has 2 heterocycles. The van der Waals surface area contributed by atoms with Crippen molar-refractivity contribution in [3.8, 4) is 5.75 Å². The van der Waals surface area contributed by atoms with E-state index in [2.05, 4.69) is 4.99 Å². The highest BCUT2D eigenvalue weighted by Gasteiger charge is 2.32. The number of hydrogen-bond donors (Lipinski definition) is 0. The molecule has 0 aromatic heterocycles. The maximum atomic E-state index is 12.6. The highest BCUT2D eigenvalue weighted by molar-refractivity contribution is 8.03. The van der Waals surface area contributed by atoms with Crippen molar-refractivity contribution in [2.24, 2.45) is 10.9 Å². The summed E-state index contributed by atoms with van der Waals surface area (Å²) >= 11 is 6.18. The SMILES string of the molecule is CC(C)(C)OC(=O)N1CCC(C2=NC(COc3ccc(CS(C)(=O)=O)c(Cl)c3)=CS2=O)CC1. The molecule has 11 heteroatoms. The molecule has 3 rings (SSSR count). The van der Waals surface area contributed by atoms with E-state index in [1.54, 1.807) is 28.5 Å². The number of sulfone groups is 1. The molecule has 0 N–H and O–H groups in total. The van der Waals surface area contributed by atoms with Gasteiger partial charge in [-0.05, 0) is 51.3 Å². The van der Waals surface area contributed by atoms with Gasteiger partial charge >= 0.3 is 6.09 Å². The minimum Gasteiger partial charge on any atom is -0.487 e. The van der Waals surface area contributed by atoms with E-state index in [1.165, 1.54) is 0 Å². The molecule has 1 fully saturated rings. The van der Waals surface area contributed by atoms with Gasteiger partial charge in [0.15, 0.2) is 9.84 Å². The minimum atomic E-state index is -3.19. The van der Waals surface area contributed by atoms with Gasteiger partial charge in [-0.2, -0.15) is 0 Å². The van der Waals surface area contributed by atoms with Gasteiger partial charge in [-0.15, -0.1) is 0 Å². The summed E-state index contributed by atoms with van der Waals surface area (Å²) in [6, 6.07) is 4.83. The second-order valence-corrected chi connectivity index (χ2v) is 13.0. The molecule has 33 heavy (non-hydrogen) atoms. The number of aliphatic imine (C=N–C) groups is 1. The fourth-order valence-electron chi connectivity index (χ4n) is 3.53. The molecular formula is C22H29ClN2O6S2. The van der Waals surface area contributed by atoms with Crippen LogP contribution in [0.4, 0.5) is 4.79 Å². The Bertz CT molecular complexity index is 1100. The van der Waals surface area contributed by atoms with Crippen molar-refractivity contribution in [2.45, 2.75) is 45.0 Å². The standard InChI is InChI=1S/C22H29ClN2O6S2/c1-22(2,3)31-21(26)25-9-7-15(8-10-25)20-24-17(13-32(20)27)12-30-18-6-5-16(19(23)11-18)14-33(4,28)29/h5-6,11,13,15H,7-10,12,14H2,1-4H3. The van der Waals surface area contributed by atoms with E-state index >= 15 is 0 Å². The van der Waals surface area contributed by atoms with Crippen molar-refractivity contribution >= 4 is 43.4 Å². The molecule has 0 bridgehead atoms. The molecule has 1 atom stereocenters. The van der Waals surface area contributed by atoms with E-state index in [4.69, 9.17) is 21.1 Å². The number of hydrogen-bond acceptors (Lipinski definition) is 7. The van der Waals surface area contributed by atoms with E-state index < -0.39 is 26.2 Å². The number of carbonyl (C=O) groups is 1. The van der Waals surface area contributed by atoms with Crippen LogP contribution in [-0.2, 0) is 31.1 Å². The normalized spacial score (nSPS) is 19.8. The first-order chi connectivity index (χ1) is 15.3. The quantitative estimate of drug-likeness (QED) is 0.568. The number of likely N-dealkylation sites (tertiary alicyclic amines) is 1. The summed E-state index contributed by atoms with van der Waals surface area (Å²) in [6.07, 6.45) is 2.16. The third-order valence-electron chi connectivity index (χ3n) is 5.03. The van der Waals surface area contributed by atoms with Gasteiger partial charge in [0.25, 0.3) is 0 Å². The zero-order valence-corrected chi connectivity index (χ0v) is 21.6. The number of rotatable bonds is 6. The first kappa shape index (κ1) is 25.7. The summed E-state index contributed by atoms with van der Waals surface area (Å²) in [4.78, 5) is 18.4. The Morgan fingerprint density at radius 3 is 2.52 bits per heavy atom. The van der Waals surface area contributed by atoms with Crippen molar-refractivity contribution < 1.29 is 26.9 Å². The van der Waals surface area contributed by atoms with E-state index in [0.29, 0.717) is 53.0 Å². The van der Waals surface area contributed by atoms with Gasteiger partial charge < -0.3 is 14.4 Å². The van der Waals surface area contributed by atoms with E-state index in [9.17, 15) is 17.4 Å². The van der Waals surface area contributed by atoms with Crippen LogP contribution in [0.25, 0.3) is 0 Å². The van der Waals surface area contributed by atoms with Crippen LogP contribution in [-0.4, -0.2) is 60.2 Å². The molecule has 0 aliphatic carbocycles. The summed E-state index contributed by atoms with van der Waals surface area (Å²) in [5.41, 5.74) is 0.530. The van der Waals surface area contributed by atoms with Gasteiger partial charge in [-0.1, -0.05) is 17.7 Å². The van der Waals surface area contributed by atoms with Crippen LogP contribution in [0.2, 0.25) is 5.02 Å². The molecule has 1 aromatic rings. The Labute approximate surface area is 202 Å². The summed E-state index contributed by atoms with van der Waals surface area (Å²) < 4.78 is 46.7. The third-order valence-corrected chi connectivity index (χ3v) is 7.54. The van der Waals surface area contributed by atoms with Crippen molar-refractivity contribution in [1.29, 1.82) is 0 Å². The molecule has 2 aliphatic rings. The predicted molar refractivity (Wildman–Crippen MR) is 130 cm³/mol. The smallest absolute Gasteiger partial charge is 0.410 e. The topological polar surface area (TPSA) is 102 Å². The van der Waals surface area contributed by atoms with Crippen LogP contribution < -0.4 is 4.74 Å². The van der Waals surface area contributed by atoms with Gasteiger partial charge in [0.2, 0.25) is 0 Å². The Balaban J connectivity index is 1.54. The second kappa shape index (κ2) is 10.1. The van der Waals surface area contributed by atoms with Gasteiger partial charge in [0.05, 0.1) is 22.2 Å². The maximum Gasteiger partial charge on any atom is 0.410 e. The fraction of sp³-hybridized carbons (Fsp3) is 0.545. The molecule has 1 aromatic carbocycles. The number of nitrogens with zero attached hydrogens (tertiary/aromatic N) is 2. The average Bonchev–Trinajstić information content (AvgIpc) is 3.07. The number of carbonyl (C=O) groups excluding carboxylic acids is 1. The molecule has 0 radical (unpaired) electrons. The van der Waals surface area contributed by atoms with Gasteiger partial charge in [-0.3, -0.25) is 0 Å². The zero-order valence-electron chi connectivity index (χ0n) is 19.2. The highest BCUT2D eigenvalue weighted by atomic mass is 35.5. The Kier molecular flexibility index (Phi) is 7.91. The Morgan fingerprint density at radius 1 is 1.27 bits per heavy atom. The zero-order chi connectivity index (χ0) is 24.4. The number of halogens is 1. The minimum absolute atomic E-state index is 0.0305. The van der Waals surface area contributed by atoms with Gasteiger partial charge in [-0.25, -0.2) is 22.4 Å². The average molecular weight is 517 g/mol. The molecule has 182 valence electrons. The number of piperidine rings is 1. The van der Waals surface area contributed by atoms with Crippen LogP contribution in [0.1, 0.15) is 39.2 Å². The Morgan fingerprint density at radius 2 is 1.94 bits per heavy atom. The van der Waals surface area contributed by atoms with Crippen molar-refractivity contribution in [2.75, 3.05) is 26.0 Å². The van der Waals surface area contributed by atoms with E-state index in [-0.39, 0.29) is 24.4 Å². The van der Waals surface area contributed by atoms with E-state index in [0.717, 1.165) is 6.26 Å². The van der Waals surface area contributed by atoms with Crippen molar-refractivity contribution in [3.63, 3.8) is 0 Å². The monoisotopic (exact) mass is 516 g/mol. The van der Waals surface area contributed by atoms with E-state index in [1.807, 2.05) is 20.8 Å². The predicted octanol–water partition coefficient (Wildman–Crippen LogP) is 3.91. The number of amides is 1. The number of benzene rings is 1. The molecule has 2 aliphatic heterocycles. The van der Waals surface area contributed by atoms with Crippen molar-refractivity contribution in [1.82, 2.24) is 4.90 Å². The largest absolute Gasteiger partial charge is 0.487 e. The Hall–Kier alpha value is -1.91. The second-order valence-electron chi connectivity index (χ2n) is 9.21. The molecular weight excluding hydrogens is 488 g/mol. The lowest BCUT2D eigenvalue weighted by molar-refractivity contribution is 0.0202. The van der Waals surface area contributed by atoms with Crippen LogP contribution in [0.15, 0.2) is 34.3 Å². The molecule has 8 nitrogen and oxygen atoms in total. The van der Waals surface area contributed by atoms with Crippen LogP contribution in [0.3, 0.4) is 0 Å². The fourth-order valence-corrected chi connectivity index (χ4v) is 5.92. The molecule has 1 amide bonds. The van der Waals surface area contributed by atoms with Crippen LogP contribution >= 0.6 is 11.6 Å². The molecule has 1 unspecified atom stereocenters. The first-order valence-electron chi connectivity index (χ1n) is 10.6. The van der Waals surface area contributed by atoms with Crippen LogP contribution in [0, 0.1) is 5.92 Å². The van der Waals surface area contributed by atoms with Gasteiger partial charge in [0.1, 0.15) is 23.0 Å². The summed E-state index contributed by atoms with van der Waals surface area (Å²) in [7, 11) is -4.52. The third kappa shape index (κ3) is 7.55. The lowest BCUT2D eigenvalue weighted by Gasteiger charge is -2.33. The van der Waals surface area contributed by atoms with Crippen LogP contribution in [0.5, 0.6) is 5.75 Å². The van der Waals surface area contributed by atoms with Crippen molar-refractivity contribution in [3.05, 3.63) is 39.9 Å². The molecule has 1 saturated heterocycles. The lowest BCUT2D eigenvalue weighted by atomic mass is 9.98. The number of ether oxygens (including phenoxy) is 2.